The Labute approximate surface area is 171 Å². The van der Waals surface area contributed by atoms with E-state index < -0.39 is 10.8 Å². The van der Waals surface area contributed by atoms with Gasteiger partial charge in [-0.25, -0.2) is 0 Å². The number of halogens is 1. The number of nitrogens with one attached hydrogen (secondary N) is 2. The van der Waals surface area contributed by atoms with Crippen LogP contribution in [0.25, 0.3) is 0 Å². The number of nitro groups is 1. The third-order valence-corrected chi connectivity index (χ3v) is 4.51. The fourth-order valence-electron chi connectivity index (χ4n) is 2.63. The maximum atomic E-state index is 12.5. The molecule has 0 atom stereocenters. The van der Waals surface area contributed by atoms with E-state index in [1.807, 2.05) is 0 Å². The van der Waals surface area contributed by atoms with Crippen molar-refractivity contribution in [2.45, 2.75) is 6.92 Å². The van der Waals surface area contributed by atoms with Gasteiger partial charge in [-0.2, -0.15) is 0 Å². The van der Waals surface area contributed by atoms with Crippen LogP contribution >= 0.6 is 11.6 Å². The van der Waals surface area contributed by atoms with Crippen LogP contribution in [0.4, 0.5) is 17.1 Å². The summed E-state index contributed by atoms with van der Waals surface area (Å²) >= 11 is 6.15. The first-order valence-electron chi connectivity index (χ1n) is 8.57. The molecular formula is C21H16ClN3O4. The van der Waals surface area contributed by atoms with Crippen LogP contribution < -0.4 is 10.6 Å². The van der Waals surface area contributed by atoms with E-state index in [1.54, 1.807) is 43.3 Å². The Kier molecular flexibility index (Phi) is 5.90. The summed E-state index contributed by atoms with van der Waals surface area (Å²) < 4.78 is 0. The summed E-state index contributed by atoms with van der Waals surface area (Å²) in [6.07, 6.45) is 0. The summed E-state index contributed by atoms with van der Waals surface area (Å²) in [4.78, 5) is 35.4. The zero-order chi connectivity index (χ0) is 21.0. The molecule has 2 amide bonds. The van der Waals surface area contributed by atoms with Gasteiger partial charge >= 0.3 is 0 Å². The lowest BCUT2D eigenvalue weighted by Crippen LogP contribution is -2.14. The van der Waals surface area contributed by atoms with Crippen LogP contribution in [-0.4, -0.2) is 16.7 Å². The van der Waals surface area contributed by atoms with E-state index in [1.165, 1.54) is 30.3 Å². The lowest BCUT2D eigenvalue weighted by Gasteiger charge is -2.11. The maximum absolute atomic E-state index is 12.5. The summed E-state index contributed by atoms with van der Waals surface area (Å²) in [6.45, 7) is 1.60. The Morgan fingerprint density at radius 1 is 0.897 bits per heavy atom. The molecule has 8 heteroatoms. The fourth-order valence-corrected chi connectivity index (χ4v) is 2.80. The van der Waals surface area contributed by atoms with E-state index >= 15 is 0 Å². The second kappa shape index (κ2) is 8.53. The van der Waals surface area contributed by atoms with Crippen LogP contribution in [0.5, 0.6) is 0 Å². The summed E-state index contributed by atoms with van der Waals surface area (Å²) in [6, 6.07) is 17.5. The van der Waals surface area contributed by atoms with Crippen molar-refractivity contribution in [2.75, 3.05) is 10.6 Å². The SMILES string of the molecule is Cc1ccc(C(=O)Nc2ccc(Cl)c(NC(=O)c3ccccc3)c2)cc1[N+](=O)[O-]. The van der Waals surface area contributed by atoms with Gasteiger partial charge in [0.25, 0.3) is 17.5 Å². The van der Waals surface area contributed by atoms with Crippen molar-refractivity contribution in [3.63, 3.8) is 0 Å². The van der Waals surface area contributed by atoms with Crippen LogP contribution in [-0.2, 0) is 0 Å². The molecule has 0 aromatic heterocycles. The number of nitro benzene ring substituents is 1. The highest BCUT2D eigenvalue weighted by Gasteiger charge is 2.16. The molecule has 7 nitrogen and oxygen atoms in total. The van der Waals surface area contributed by atoms with Gasteiger partial charge in [-0.05, 0) is 43.3 Å². The Morgan fingerprint density at radius 2 is 1.59 bits per heavy atom. The third kappa shape index (κ3) is 4.77. The van der Waals surface area contributed by atoms with Gasteiger partial charge < -0.3 is 10.6 Å². The number of benzene rings is 3. The van der Waals surface area contributed by atoms with Crippen LogP contribution in [0.1, 0.15) is 26.3 Å². The molecule has 0 aliphatic heterocycles. The Hall–Kier alpha value is -3.71. The van der Waals surface area contributed by atoms with Crippen LogP contribution in [0.3, 0.4) is 0 Å². The molecule has 3 aromatic carbocycles. The highest BCUT2D eigenvalue weighted by atomic mass is 35.5. The van der Waals surface area contributed by atoms with Crippen LogP contribution in [0, 0.1) is 17.0 Å². The molecular weight excluding hydrogens is 394 g/mol. The highest BCUT2D eigenvalue weighted by molar-refractivity contribution is 6.34. The molecule has 0 unspecified atom stereocenters. The van der Waals surface area contributed by atoms with Crippen molar-refractivity contribution in [2.24, 2.45) is 0 Å². The first-order chi connectivity index (χ1) is 13.8. The van der Waals surface area contributed by atoms with Gasteiger partial charge in [-0.1, -0.05) is 35.9 Å². The van der Waals surface area contributed by atoms with Gasteiger partial charge in [0, 0.05) is 28.4 Å². The molecule has 2 N–H and O–H groups in total. The van der Waals surface area contributed by atoms with Crippen molar-refractivity contribution in [3.05, 3.63) is 98.6 Å². The molecule has 29 heavy (non-hydrogen) atoms. The normalized spacial score (nSPS) is 10.3. The summed E-state index contributed by atoms with van der Waals surface area (Å²) in [5.41, 5.74) is 1.64. The fraction of sp³-hybridized carbons (Fsp3) is 0.0476. The lowest BCUT2D eigenvalue weighted by molar-refractivity contribution is -0.385. The van der Waals surface area contributed by atoms with Crippen molar-refractivity contribution < 1.29 is 14.5 Å². The van der Waals surface area contributed by atoms with Gasteiger partial charge in [0.1, 0.15) is 0 Å². The van der Waals surface area contributed by atoms with E-state index in [9.17, 15) is 19.7 Å². The van der Waals surface area contributed by atoms with Crippen LogP contribution in [0.2, 0.25) is 5.02 Å². The second-order valence-electron chi connectivity index (χ2n) is 6.23. The topological polar surface area (TPSA) is 101 Å². The number of rotatable bonds is 5. The number of hydrogen-bond acceptors (Lipinski definition) is 4. The minimum Gasteiger partial charge on any atom is -0.322 e. The van der Waals surface area contributed by atoms with Gasteiger partial charge in [-0.3, -0.25) is 19.7 Å². The van der Waals surface area contributed by atoms with Gasteiger partial charge in [0.15, 0.2) is 0 Å². The molecule has 0 saturated carbocycles. The summed E-state index contributed by atoms with van der Waals surface area (Å²) in [5, 5.41) is 16.7. The van der Waals surface area contributed by atoms with Crippen LogP contribution in [0.15, 0.2) is 66.7 Å². The number of anilines is 2. The van der Waals surface area contributed by atoms with Crippen molar-refractivity contribution in [1.29, 1.82) is 0 Å². The summed E-state index contributed by atoms with van der Waals surface area (Å²) in [5.74, 6) is -0.860. The number of hydrogen-bond donors (Lipinski definition) is 2. The molecule has 0 radical (unpaired) electrons. The van der Waals surface area contributed by atoms with E-state index in [2.05, 4.69) is 10.6 Å². The molecule has 0 spiro atoms. The second-order valence-corrected chi connectivity index (χ2v) is 6.63. The molecule has 0 fully saturated rings. The highest BCUT2D eigenvalue weighted by Crippen LogP contribution is 2.27. The largest absolute Gasteiger partial charge is 0.322 e. The molecule has 146 valence electrons. The Bertz CT molecular complexity index is 1100. The molecule has 0 bridgehead atoms. The number of amides is 2. The monoisotopic (exact) mass is 409 g/mol. The quantitative estimate of drug-likeness (QED) is 0.454. The van der Waals surface area contributed by atoms with E-state index in [4.69, 9.17) is 11.6 Å². The molecule has 0 saturated heterocycles. The molecule has 3 rings (SSSR count). The van der Waals surface area contributed by atoms with E-state index in [0.29, 0.717) is 27.5 Å². The number of carbonyl (C=O) groups is 2. The Balaban J connectivity index is 1.79. The Morgan fingerprint density at radius 3 is 2.28 bits per heavy atom. The average Bonchev–Trinajstić information content (AvgIpc) is 2.71. The first-order valence-corrected chi connectivity index (χ1v) is 8.95. The predicted octanol–water partition coefficient (Wildman–Crippen LogP) is 5.06. The van der Waals surface area contributed by atoms with E-state index in [0.717, 1.165) is 0 Å². The minimum atomic E-state index is -0.536. The molecule has 0 heterocycles. The summed E-state index contributed by atoms with van der Waals surface area (Å²) in [7, 11) is 0. The van der Waals surface area contributed by atoms with Gasteiger partial charge in [-0.15, -0.1) is 0 Å². The first kappa shape index (κ1) is 20.0. The maximum Gasteiger partial charge on any atom is 0.273 e. The van der Waals surface area contributed by atoms with Crippen molar-refractivity contribution in [3.8, 4) is 0 Å². The van der Waals surface area contributed by atoms with Gasteiger partial charge in [0.2, 0.25) is 0 Å². The smallest absolute Gasteiger partial charge is 0.273 e. The van der Waals surface area contributed by atoms with E-state index in [-0.39, 0.29) is 17.2 Å². The zero-order valence-corrected chi connectivity index (χ0v) is 16.1. The average molecular weight is 410 g/mol. The third-order valence-electron chi connectivity index (χ3n) is 4.18. The minimum absolute atomic E-state index is 0.135. The predicted molar refractivity (Wildman–Crippen MR) is 112 cm³/mol. The lowest BCUT2D eigenvalue weighted by atomic mass is 10.1. The molecule has 3 aromatic rings. The number of carbonyl (C=O) groups excluding carboxylic acids is 2. The standard InChI is InChI=1S/C21H16ClN3O4/c1-13-7-8-15(11-19(13)25(28)29)21(27)23-16-9-10-17(22)18(12-16)24-20(26)14-5-3-2-4-6-14/h2-12H,1H3,(H,23,27)(H,24,26). The van der Waals surface area contributed by atoms with Crippen molar-refractivity contribution >= 4 is 40.5 Å². The van der Waals surface area contributed by atoms with Gasteiger partial charge in [0.05, 0.1) is 15.6 Å². The number of nitrogens with zero attached hydrogens (tertiary/aromatic N) is 1. The molecule has 0 aliphatic carbocycles. The molecule has 0 aliphatic rings. The number of aryl methyl sites for hydroxylation is 1. The van der Waals surface area contributed by atoms with Crippen molar-refractivity contribution in [1.82, 2.24) is 0 Å². The zero-order valence-electron chi connectivity index (χ0n) is 15.3.